The molecule has 2 amide bonds. The molecule has 0 unspecified atom stereocenters. The predicted molar refractivity (Wildman–Crippen MR) is 103 cm³/mol. The number of benzene rings is 2. The van der Waals surface area contributed by atoms with Gasteiger partial charge < -0.3 is 13.9 Å². The average molecular weight is 393 g/mol. The van der Waals surface area contributed by atoms with Crippen molar-refractivity contribution >= 4 is 11.8 Å². The van der Waals surface area contributed by atoms with Crippen LogP contribution in [-0.4, -0.2) is 30.0 Å². The molecule has 2 aromatic carbocycles. The topological polar surface area (TPSA) is 103 Å². The number of nitrogens with one attached hydrogen (secondary N) is 2. The summed E-state index contributed by atoms with van der Waals surface area (Å²) in [6.07, 6.45) is 2.07. The van der Waals surface area contributed by atoms with Crippen LogP contribution in [0.2, 0.25) is 0 Å². The lowest BCUT2D eigenvalue weighted by atomic mass is 10.2. The molecule has 2 N–H and O–H groups in total. The largest absolute Gasteiger partial charge is 0.486 e. The van der Waals surface area contributed by atoms with Crippen LogP contribution < -0.4 is 20.3 Å². The van der Waals surface area contributed by atoms with Gasteiger partial charge in [0, 0.05) is 24.0 Å². The quantitative estimate of drug-likeness (QED) is 0.646. The Bertz CT molecular complexity index is 1020. The van der Waals surface area contributed by atoms with E-state index in [0.717, 1.165) is 5.56 Å². The Morgan fingerprint density at radius 2 is 1.76 bits per heavy atom. The van der Waals surface area contributed by atoms with Crippen LogP contribution in [-0.2, 0) is 11.2 Å². The lowest BCUT2D eigenvalue weighted by Crippen LogP contribution is -2.41. The zero-order valence-corrected chi connectivity index (χ0v) is 15.5. The maximum absolute atomic E-state index is 12.2. The first-order chi connectivity index (χ1) is 14.2. The molecule has 2 heterocycles. The van der Waals surface area contributed by atoms with Crippen molar-refractivity contribution in [2.24, 2.45) is 0 Å². The van der Waals surface area contributed by atoms with E-state index in [4.69, 9.17) is 13.9 Å². The van der Waals surface area contributed by atoms with E-state index in [-0.39, 0.29) is 12.3 Å². The highest BCUT2D eigenvalue weighted by atomic mass is 16.6. The molecule has 1 aliphatic rings. The van der Waals surface area contributed by atoms with Gasteiger partial charge in [-0.25, -0.2) is 4.98 Å². The van der Waals surface area contributed by atoms with Gasteiger partial charge in [0.15, 0.2) is 23.1 Å². The van der Waals surface area contributed by atoms with Crippen LogP contribution in [0.3, 0.4) is 0 Å². The highest BCUT2D eigenvalue weighted by Gasteiger charge is 2.15. The van der Waals surface area contributed by atoms with Crippen molar-refractivity contribution in [2.75, 3.05) is 13.2 Å². The number of carbonyl (C=O) groups is 2. The Labute approximate surface area is 166 Å². The van der Waals surface area contributed by atoms with Gasteiger partial charge in [-0.05, 0) is 18.2 Å². The van der Waals surface area contributed by atoms with E-state index in [1.54, 1.807) is 24.4 Å². The second-order valence-corrected chi connectivity index (χ2v) is 6.35. The van der Waals surface area contributed by atoms with Crippen LogP contribution in [0.5, 0.6) is 11.5 Å². The van der Waals surface area contributed by atoms with Crippen LogP contribution in [0.1, 0.15) is 22.7 Å². The Morgan fingerprint density at radius 1 is 0.966 bits per heavy atom. The van der Waals surface area contributed by atoms with Crippen molar-refractivity contribution in [3.63, 3.8) is 0 Å². The van der Waals surface area contributed by atoms with Gasteiger partial charge in [-0.15, -0.1) is 0 Å². The zero-order valence-electron chi connectivity index (χ0n) is 15.5. The minimum Gasteiger partial charge on any atom is -0.486 e. The summed E-state index contributed by atoms with van der Waals surface area (Å²) in [6, 6.07) is 14.4. The third-order valence-corrected chi connectivity index (χ3v) is 4.30. The molecule has 8 nitrogen and oxygen atoms in total. The van der Waals surface area contributed by atoms with Gasteiger partial charge in [0.05, 0.1) is 6.20 Å². The maximum atomic E-state index is 12.2. The molecule has 0 saturated heterocycles. The smallest absolute Gasteiger partial charge is 0.269 e. The fourth-order valence-corrected chi connectivity index (χ4v) is 2.83. The Morgan fingerprint density at radius 3 is 2.59 bits per heavy atom. The molecule has 1 aliphatic heterocycles. The number of hydrogen-bond donors (Lipinski definition) is 2. The molecular weight excluding hydrogens is 374 g/mol. The van der Waals surface area contributed by atoms with E-state index in [0.29, 0.717) is 48.3 Å². The van der Waals surface area contributed by atoms with Gasteiger partial charge in [-0.3, -0.25) is 20.4 Å². The summed E-state index contributed by atoms with van der Waals surface area (Å²) in [7, 11) is 0. The normalized spacial score (nSPS) is 12.3. The number of carbonyl (C=O) groups excluding carboxylic acids is 2. The van der Waals surface area contributed by atoms with Crippen molar-refractivity contribution in [1.29, 1.82) is 0 Å². The minimum absolute atomic E-state index is 0.121. The number of oxazole rings is 1. The molecule has 0 atom stereocenters. The molecule has 4 rings (SSSR count). The minimum atomic E-state index is -0.446. The monoisotopic (exact) mass is 393 g/mol. The molecule has 0 fully saturated rings. The standard InChI is InChI=1S/C21H19N3O5/c25-19(8-9-20-22-13-18(29-20)14-4-2-1-3-5-14)23-24-21(26)15-6-7-16-17(12-15)28-11-10-27-16/h1-7,12-13H,8-11H2,(H,23,25)(H,24,26). The maximum Gasteiger partial charge on any atom is 0.269 e. The Balaban J connectivity index is 1.26. The van der Waals surface area contributed by atoms with Crippen LogP contribution in [0.4, 0.5) is 0 Å². The second kappa shape index (κ2) is 8.47. The number of rotatable bonds is 5. The van der Waals surface area contributed by atoms with Crippen LogP contribution in [0.15, 0.2) is 59.1 Å². The van der Waals surface area contributed by atoms with Crippen molar-refractivity contribution in [3.05, 3.63) is 66.2 Å². The van der Waals surface area contributed by atoms with E-state index in [9.17, 15) is 9.59 Å². The van der Waals surface area contributed by atoms with Gasteiger partial charge in [-0.1, -0.05) is 30.3 Å². The fourth-order valence-electron chi connectivity index (χ4n) is 2.83. The average Bonchev–Trinajstić information content (AvgIpc) is 3.25. The van der Waals surface area contributed by atoms with Gasteiger partial charge in [0.2, 0.25) is 5.91 Å². The molecule has 1 aromatic heterocycles. The third-order valence-electron chi connectivity index (χ3n) is 4.30. The zero-order chi connectivity index (χ0) is 20.1. The summed E-state index contributed by atoms with van der Waals surface area (Å²) < 4.78 is 16.5. The third kappa shape index (κ3) is 4.55. The van der Waals surface area contributed by atoms with E-state index in [2.05, 4.69) is 15.8 Å². The summed E-state index contributed by atoms with van der Waals surface area (Å²) in [6.45, 7) is 0.910. The van der Waals surface area contributed by atoms with E-state index in [1.807, 2.05) is 30.3 Å². The number of fused-ring (bicyclic) bond motifs is 1. The number of aryl methyl sites for hydroxylation is 1. The first kappa shape index (κ1) is 18.5. The Hall–Kier alpha value is -3.81. The van der Waals surface area contributed by atoms with Crippen molar-refractivity contribution in [2.45, 2.75) is 12.8 Å². The molecule has 0 aliphatic carbocycles. The molecule has 0 saturated carbocycles. The second-order valence-electron chi connectivity index (χ2n) is 6.35. The molecule has 3 aromatic rings. The molecule has 0 spiro atoms. The van der Waals surface area contributed by atoms with Crippen LogP contribution >= 0.6 is 0 Å². The molecule has 0 radical (unpaired) electrons. The highest BCUT2D eigenvalue weighted by molar-refractivity contribution is 5.96. The molecule has 0 bridgehead atoms. The number of amides is 2. The van der Waals surface area contributed by atoms with Crippen molar-refractivity contribution in [1.82, 2.24) is 15.8 Å². The number of aromatic nitrogens is 1. The number of hydrogen-bond acceptors (Lipinski definition) is 6. The highest BCUT2D eigenvalue weighted by Crippen LogP contribution is 2.30. The number of ether oxygens (including phenoxy) is 2. The summed E-state index contributed by atoms with van der Waals surface area (Å²) in [5, 5.41) is 0. The van der Waals surface area contributed by atoms with E-state index < -0.39 is 5.91 Å². The van der Waals surface area contributed by atoms with Gasteiger partial charge in [-0.2, -0.15) is 0 Å². The molecule has 148 valence electrons. The van der Waals surface area contributed by atoms with Crippen LogP contribution in [0, 0.1) is 0 Å². The number of nitrogens with zero attached hydrogens (tertiary/aromatic N) is 1. The summed E-state index contributed by atoms with van der Waals surface area (Å²) in [4.78, 5) is 28.4. The van der Waals surface area contributed by atoms with Gasteiger partial charge >= 0.3 is 0 Å². The SMILES string of the molecule is O=C(CCc1ncc(-c2ccccc2)o1)NNC(=O)c1ccc2c(c1)OCCO2. The van der Waals surface area contributed by atoms with E-state index >= 15 is 0 Å². The van der Waals surface area contributed by atoms with Gasteiger partial charge in [0.25, 0.3) is 5.91 Å². The van der Waals surface area contributed by atoms with Gasteiger partial charge in [0.1, 0.15) is 13.2 Å². The summed E-state index contributed by atoms with van der Waals surface area (Å²) in [5.41, 5.74) is 6.05. The van der Waals surface area contributed by atoms with Crippen molar-refractivity contribution < 1.29 is 23.5 Å². The lowest BCUT2D eigenvalue weighted by Gasteiger charge is -2.18. The van der Waals surface area contributed by atoms with Crippen LogP contribution in [0.25, 0.3) is 11.3 Å². The van der Waals surface area contributed by atoms with E-state index in [1.165, 1.54) is 0 Å². The molecule has 29 heavy (non-hydrogen) atoms. The fraction of sp³-hybridized carbons (Fsp3) is 0.190. The first-order valence-corrected chi connectivity index (χ1v) is 9.18. The van der Waals surface area contributed by atoms with Crippen molar-refractivity contribution in [3.8, 4) is 22.8 Å². The summed E-state index contributed by atoms with van der Waals surface area (Å²) in [5.74, 6) is 1.41. The first-order valence-electron chi connectivity index (χ1n) is 9.18. The number of hydrazine groups is 1. The predicted octanol–water partition coefficient (Wildman–Crippen LogP) is 2.51. The summed E-state index contributed by atoms with van der Waals surface area (Å²) >= 11 is 0. The Kier molecular flexibility index (Phi) is 5.42. The molecular formula is C21H19N3O5. The lowest BCUT2D eigenvalue weighted by molar-refractivity contribution is -0.121. The molecule has 8 heteroatoms.